The number of halogens is 1. The molecule has 0 fully saturated rings. The van der Waals surface area contributed by atoms with Crippen molar-refractivity contribution in [1.82, 2.24) is 10.2 Å². The number of unbranched alkanes of at least 4 members (excludes halogenated alkanes) is 1. The lowest BCUT2D eigenvalue weighted by Gasteiger charge is -2.07. The Morgan fingerprint density at radius 2 is 1.70 bits per heavy atom. The Morgan fingerprint density at radius 3 is 2.33 bits per heavy atom. The van der Waals surface area contributed by atoms with Gasteiger partial charge in [-0.25, -0.2) is 9.18 Å². The third kappa shape index (κ3) is 5.10. The van der Waals surface area contributed by atoms with E-state index in [-0.39, 0.29) is 11.7 Å². The SMILES string of the molecule is CCCCOc1ccc(C(=O)Oc2ccc(-c3ccc(F)cc3)nn2)cc1. The molecule has 0 aliphatic carbocycles. The molecule has 2 aromatic carbocycles. The minimum absolute atomic E-state index is 0.0918. The van der Waals surface area contributed by atoms with Crippen molar-refractivity contribution in [3.8, 4) is 22.9 Å². The van der Waals surface area contributed by atoms with E-state index in [2.05, 4.69) is 17.1 Å². The Balaban J connectivity index is 1.61. The Bertz CT molecular complexity index is 879. The van der Waals surface area contributed by atoms with Gasteiger partial charge in [0.1, 0.15) is 11.6 Å². The number of carbonyl (C=O) groups is 1. The number of ether oxygens (including phenoxy) is 2. The van der Waals surface area contributed by atoms with Crippen LogP contribution in [-0.2, 0) is 0 Å². The number of nitrogens with zero attached hydrogens (tertiary/aromatic N) is 2. The summed E-state index contributed by atoms with van der Waals surface area (Å²) in [5.74, 6) is -0.0458. The molecular formula is C21H19FN2O3. The van der Waals surface area contributed by atoms with Crippen molar-refractivity contribution in [3.05, 3.63) is 72.0 Å². The fourth-order valence-corrected chi connectivity index (χ4v) is 2.32. The highest BCUT2D eigenvalue weighted by molar-refractivity contribution is 5.91. The standard InChI is InChI=1S/C21H19FN2O3/c1-2-3-14-26-18-10-6-16(7-11-18)21(25)27-20-13-12-19(23-24-20)15-4-8-17(22)9-5-15/h4-13H,2-3,14H2,1H3. The Morgan fingerprint density at radius 1 is 0.963 bits per heavy atom. The maximum atomic E-state index is 13.0. The van der Waals surface area contributed by atoms with Gasteiger partial charge >= 0.3 is 5.97 Å². The summed E-state index contributed by atoms with van der Waals surface area (Å²) in [6.45, 7) is 2.74. The van der Waals surface area contributed by atoms with Crippen molar-refractivity contribution >= 4 is 5.97 Å². The molecule has 0 amide bonds. The van der Waals surface area contributed by atoms with Crippen molar-refractivity contribution in [2.24, 2.45) is 0 Å². The number of esters is 1. The first kappa shape index (κ1) is 18.5. The first-order chi connectivity index (χ1) is 13.2. The summed E-state index contributed by atoms with van der Waals surface area (Å²) >= 11 is 0. The van der Waals surface area contributed by atoms with E-state index in [0.717, 1.165) is 18.4 Å². The molecule has 0 N–H and O–H groups in total. The molecule has 0 aliphatic heterocycles. The molecular weight excluding hydrogens is 347 g/mol. The molecule has 0 saturated carbocycles. The minimum atomic E-state index is -0.529. The molecule has 6 heteroatoms. The van der Waals surface area contributed by atoms with E-state index in [9.17, 15) is 9.18 Å². The predicted octanol–water partition coefficient (Wildman–Crippen LogP) is 4.68. The molecule has 1 aromatic heterocycles. The molecule has 0 unspecified atom stereocenters. The van der Waals surface area contributed by atoms with E-state index in [1.54, 1.807) is 48.5 Å². The zero-order valence-electron chi connectivity index (χ0n) is 14.9. The van der Waals surface area contributed by atoms with E-state index in [4.69, 9.17) is 9.47 Å². The molecule has 5 nitrogen and oxygen atoms in total. The van der Waals surface area contributed by atoms with E-state index >= 15 is 0 Å². The summed E-state index contributed by atoms with van der Waals surface area (Å²) in [6, 6.07) is 15.9. The van der Waals surface area contributed by atoms with Gasteiger partial charge in [0, 0.05) is 11.6 Å². The largest absolute Gasteiger partial charge is 0.494 e. The van der Waals surface area contributed by atoms with Crippen LogP contribution in [0.5, 0.6) is 11.6 Å². The number of hydrogen-bond acceptors (Lipinski definition) is 5. The van der Waals surface area contributed by atoms with Crippen molar-refractivity contribution in [1.29, 1.82) is 0 Å². The highest BCUT2D eigenvalue weighted by atomic mass is 19.1. The summed E-state index contributed by atoms with van der Waals surface area (Å²) in [7, 11) is 0. The maximum Gasteiger partial charge on any atom is 0.344 e. The Labute approximate surface area is 156 Å². The molecule has 0 saturated heterocycles. The van der Waals surface area contributed by atoms with Gasteiger partial charge in [-0.3, -0.25) is 0 Å². The second-order valence-corrected chi connectivity index (χ2v) is 5.88. The van der Waals surface area contributed by atoms with Crippen LogP contribution >= 0.6 is 0 Å². The predicted molar refractivity (Wildman–Crippen MR) is 99.2 cm³/mol. The van der Waals surface area contributed by atoms with Gasteiger partial charge < -0.3 is 9.47 Å². The fourth-order valence-electron chi connectivity index (χ4n) is 2.32. The third-order valence-electron chi connectivity index (χ3n) is 3.83. The van der Waals surface area contributed by atoms with Gasteiger partial charge in [0.15, 0.2) is 0 Å². The molecule has 0 atom stereocenters. The second-order valence-electron chi connectivity index (χ2n) is 5.88. The maximum absolute atomic E-state index is 13.0. The second kappa shape index (κ2) is 8.89. The highest BCUT2D eigenvalue weighted by Gasteiger charge is 2.11. The van der Waals surface area contributed by atoms with Crippen LogP contribution in [0.1, 0.15) is 30.1 Å². The van der Waals surface area contributed by atoms with Crippen molar-refractivity contribution in [3.63, 3.8) is 0 Å². The first-order valence-corrected chi connectivity index (χ1v) is 8.70. The van der Waals surface area contributed by atoms with Crippen molar-refractivity contribution in [2.75, 3.05) is 6.61 Å². The van der Waals surface area contributed by atoms with Crippen LogP contribution in [0.2, 0.25) is 0 Å². The molecule has 0 aliphatic rings. The monoisotopic (exact) mass is 366 g/mol. The van der Waals surface area contributed by atoms with Crippen LogP contribution in [0, 0.1) is 5.82 Å². The summed E-state index contributed by atoms with van der Waals surface area (Å²) in [5, 5.41) is 7.91. The Hall–Kier alpha value is -3.28. The molecule has 3 rings (SSSR count). The zero-order chi connectivity index (χ0) is 19.1. The highest BCUT2D eigenvalue weighted by Crippen LogP contribution is 2.19. The lowest BCUT2D eigenvalue weighted by Crippen LogP contribution is -2.10. The fraction of sp³-hybridized carbons (Fsp3) is 0.190. The summed E-state index contributed by atoms with van der Waals surface area (Å²) < 4.78 is 23.8. The lowest BCUT2D eigenvalue weighted by atomic mass is 10.1. The quantitative estimate of drug-likeness (QED) is 0.449. The van der Waals surface area contributed by atoms with Gasteiger partial charge in [-0.05, 0) is 61.0 Å². The van der Waals surface area contributed by atoms with E-state index < -0.39 is 5.97 Å². The van der Waals surface area contributed by atoms with Gasteiger partial charge in [0.2, 0.25) is 5.88 Å². The Kier molecular flexibility index (Phi) is 6.10. The van der Waals surface area contributed by atoms with Crippen LogP contribution in [0.15, 0.2) is 60.7 Å². The molecule has 27 heavy (non-hydrogen) atoms. The van der Waals surface area contributed by atoms with Crippen LogP contribution in [-0.4, -0.2) is 22.8 Å². The summed E-state index contributed by atoms with van der Waals surface area (Å²) in [5.41, 5.74) is 1.67. The normalized spacial score (nSPS) is 10.4. The number of hydrogen-bond donors (Lipinski definition) is 0. The lowest BCUT2D eigenvalue weighted by molar-refractivity contribution is 0.0726. The summed E-state index contributed by atoms with van der Waals surface area (Å²) in [4.78, 5) is 12.2. The average molecular weight is 366 g/mol. The van der Waals surface area contributed by atoms with Gasteiger partial charge in [0.25, 0.3) is 0 Å². The van der Waals surface area contributed by atoms with Gasteiger partial charge in [-0.15, -0.1) is 10.2 Å². The van der Waals surface area contributed by atoms with E-state index in [1.165, 1.54) is 12.1 Å². The molecule has 0 radical (unpaired) electrons. The average Bonchev–Trinajstić information content (AvgIpc) is 2.70. The first-order valence-electron chi connectivity index (χ1n) is 8.70. The number of aromatic nitrogens is 2. The van der Waals surface area contributed by atoms with Crippen LogP contribution in [0.25, 0.3) is 11.3 Å². The zero-order valence-corrected chi connectivity index (χ0v) is 14.9. The molecule has 0 spiro atoms. The van der Waals surface area contributed by atoms with E-state index in [0.29, 0.717) is 23.6 Å². The topological polar surface area (TPSA) is 61.3 Å². The van der Waals surface area contributed by atoms with Crippen molar-refractivity contribution < 1.29 is 18.7 Å². The van der Waals surface area contributed by atoms with Crippen LogP contribution in [0.3, 0.4) is 0 Å². The summed E-state index contributed by atoms with van der Waals surface area (Å²) in [6.07, 6.45) is 2.04. The van der Waals surface area contributed by atoms with Gasteiger partial charge in [-0.2, -0.15) is 0 Å². The van der Waals surface area contributed by atoms with Crippen LogP contribution in [0.4, 0.5) is 4.39 Å². The molecule has 1 heterocycles. The molecule has 138 valence electrons. The van der Waals surface area contributed by atoms with Gasteiger partial charge in [-0.1, -0.05) is 13.3 Å². The molecule has 3 aromatic rings. The van der Waals surface area contributed by atoms with Crippen LogP contribution < -0.4 is 9.47 Å². The van der Waals surface area contributed by atoms with Crippen molar-refractivity contribution in [2.45, 2.75) is 19.8 Å². The number of carbonyl (C=O) groups excluding carboxylic acids is 1. The number of benzene rings is 2. The molecule has 0 bridgehead atoms. The number of rotatable bonds is 7. The third-order valence-corrected chi connectivity index (χ3v) is 3.83. The van der Waals surface area contributed by atoms with E-state index in [1.807, 2.05) is 0 Å². The van der Waals surface area contributed by atoms with Gasteiger partial charge in [0.05, 0.1) is 17.9 Å². The smallest absolute Gasteiger partial charge is 0.344 e. The minimum Gasteiger partial charge on any atom is -0.494 e.